The second-order valence-electron chi connectivity index (χ2n) is 6.37. The summed E-state index contributed by atoms with van der Waals surface area (Å²) >= 11 is 0. The maximum Gasteiger partial charge on any atom is 0.419 e. The lowest BCUT2D eigenvalue weighted by molar-refractivity contribution is -0.139. The number of fused-ring (bicyclic) bond motifs is 1. The van der Waals surface area contributed by atoms with Gasteiger partial charge in [0.05, 0.1) is 29.3 Å². The van der Waals surface area contributed by atoms with Crippen LogP contribution in [-0.4, -0.2) is 19.5 Å². The summed E-state index contributed by atoms with van der Waals surface area (Å²) in [5.74, 6) is -1.72. The van der Waals surface area contributed by atoms with Crippen molar-refractivity contribution in [2.75, 3.05) is 5.32 Å². The van der Waals surface area contributed by atoms with Crippen molar-refractivity contribution in [3.8, 4) is 11.4 Å². The van der Waals surface area contributed by atoms with Crippen LogP contribution in [0.5, 0.6) is 0 Å². The molecule has 0 amide bonds. The number of anilines is 2. The van der Waals surface area contributed by atoms with E-state index < -0.39 is 30.0 Å². The molecule has 0 spiro atoms. The molecular weight excluding hydrogens is 407 g/mol. The number of benzene rings is 1. The molecule has 3 aromatic heterocycles. The van der Waals surface area contributed by atoms with Gasteiger partial charge in [0.2, 0.25) is 0 Å². The minimum Gasteiger partial charge on any atom is -0.390 e. The second-order valence-corrected chi connectivity index (χ2v) is 6.37. The Balaban J connectivity index is 1.72. The van der Waals surface area contributed by atoms with Gasteiger partial charge in [-0.05, 0) is 42.5 Å². The maximum absolute atomic E-state index is 13.8. The third-order valence-electron chi connectivity index (χ3n) is 4.34. The lowest BCUT2D eigenvalue weighted by Crippen LogP contribution is -2.08. The van der Waals surface area contributed by atoms with Crippen LogP contribution in [0, 0.1) is 11.6 Å². The smallest absolute Gasteiger partial charge is 0.390 e. The largest absolute Gasteiger partial charge is 0.419 e. The number of halogens is 5. The summed E-state index contributed by atoms with van der Waals surface area (Å²) in [7, 11) is 0. The SMILES string of the molecule is OCc1nc2ccc(F)cn2c1-c1cccc(Nc2ccc(C(F)(F)F)c(F)c2)n1. The Labute approximate surface area is 166 Å². The third-order valence-corrected chi connectivity index (χ3v) is 4.34. The van der Waals surface area contributed by atoms with Gasteiger partial charge in [0.1, 0.15) is 23.1 Å². The normalized spacial score (nSPS) is 11.8. The average Bonchev–Trinajstić information content (AvgIpc) is 3.05. The Kier molecular flexibility index (Phi) is 4.86. The number of aliphatic hydroxyl groups excluding tert-OH is 1. The molecule has 0 atom stereocenters. The van der Waals surface area contributed by atoms with Gasteiger partial charge in [-0.25, -0.2) is 18.7 Å². The van der Waals surface area contributed by atoms with Gasteiger partial charge in [-0.15, -0.1) is 0 Å². The topological polar surface area (TPSA) is 62.5 Å². The number of nitrogens with one attached hydrogen (secondary N) is 1. The number of pyridine rings is 2. The molecule has 0 aliphatic heterocycles. The average molecular weight is 420 g/mol. The summed E-state index contributed by atoms with van der Waals surface area (Å²) in [4.78, 5) is 8.59. The van der Waals surface area contributed by atoms with Crippen LogP contribution in [0.2, 0.25) is 0 Å². The number of aliphatic hydroxyl groups is 1. The van der Waals surface area contributed by atoms with Crippen molar-refractivity contribution in [2.45, 2.75) is 12.8 Å². The number of hydrogen-bond donors (Lipinski definition) is 2. The quantitative estimate of drug-likeness (QED) is 0.460. The van der Waals surface area contributed by atoms with Crippen LogP contribution in [0.1, 0.15) is 11.3 Å². The fourth-order valence-corrected chi connectivity index (χ4v) is 3.06. The van der Waals surface area contributed by atoms with Crippen molar-refractivity contribution in [1.82, 2.24) is 14.4 Å². The molecule has 0 aliphatic carbocycles. The van der Waals surface area contributed by atoms with E-state index in [1.807, 2.05) is 0 Å². The van der Waals surface area contributed by atoms with E-state index in [-0.39, 0.29) is 17.2 Å². The molecule has 0 unspecified atom stereocenters. The summed E-state index contributed by atoms with van der Waals surface area (Å²) in [5.41, 5.74) is 0.0573. The number of aromatic nitrogens is 3. The number of rotatable bonds is 4. The van der Waals surface area contributed by atoms with Gasteiger partial charge in [0.15, 0.2) is 0 Å². The summed E-state index contributed by atoms with van der Waals surface area (Å²) in [6, 6.07) is 9.86. The minimum atomic E-state index is -4.79. The first-order valence-corrected chi connectivity index (χ1v) is 8.65. The lowest BCUT2D eigenvalue weighted by Gasteiger charge is -2.11. The van der Waals surface area contributed by atoms with Gasteiger partial charge in [0.25, 0.3) is 0 Å². The van der Waals surface area contributed by atoms with E-state index in [1.54, 1.807) is 12.1 Å². The Morgan fingerprint density at radius 1 is 1.00 bits per heavy atom. The van der Waals surface area contributed by atoms with E-state index in [0.717, 1.165) is 12.1 Å². The van der Waals surface area contributed by atoms with Gasteiger partial charge in [-0.2, -0.15) is 13.2 Å². The predicted octanol–water partition coefficient (Wildman–Crippen LogP) is 4.93. The first kappa shape index (κ1) is 19.8. The molecule has 154 valence electrons. The van der Waals surface area contributed by atoms with Crippen molar-refractivity contribution in [3.05, 3.63) is 77.6 Å². The molecular formula is C20H13F5N4O. The van der Waals surface area contributed by atoms with Crippen LogP contribution in [0.3, 0.4) is 0 Å². The molecule has 1 aromatic carbocycles. The highest BCUT2D eigenvalue weighted by molar-refractivity contribution is 5.67. The number of hydrogen-bond acceptors (Lipinski definition) is 4. The van der Waals surface area contributed by atoms with Gasteiger partial charge >= 0.3 is 6.18 Å². The van der Waals surface area contributed by atoms with Crippen molar-refractivity contribution in [3.63, 3.8) is 0 Å². The van der Waals surface area contributed by atoms with E-state index >= 15 is 0 Å². The summed E-state index contributed by atoms with van der Waals surface area (Å²) in [6.45, 7) is -0.415. The molecule has 3 heterocycles. The van der Waals surface area contributed by atoms with Gasteiger partial charge in [0, 0.05) is 11.9 Å². The van der Waals surface area contributed by atoms with Crippen molar-refractivity contribution in [1.29, 1.82) is 0 Å². The summed E-state index contributed by atoms with van der Waals surface area (Å²) in [6.07, 6.45) is -3.59. The van der Waals surface area contributed by atoms with Crippen molar-refractivity contribution < 1.29 is 27.1 Å². The van der Waals surface area contributed by atoms with Crippen LogP contribution in [-0.2, 0) is 12.8 Å². The molecule has 30 heavy (non-hydrogen) atoms. The first-order valence-electron chi connectivity index (χ1n) is 8.65. The number of alkyl halides is 3. The van der Waals surface area contributed by atoms with Crippen molar-refractivity contribution >= 4 is 17.2 Å². The predicted molar refractivity (Wildman–Crippen MR) is 99.0 cm³/mol. The van der Waals surface area contributed by atoms with Gasteiger partial charge in [-0.1, -0.05) is 6.07 Å². The summed E-state index contributed by atoms with van der Waals surface area (Å²) < 4.78 is 67.1. The zero-order valence-corrected chi connectivity index (χ0v) is 15.1. The van der Waals surface area contributed by atoms with Crippen LogP contribution in [0.15, 0.2) is 54.7 Å². The Morgan fingerprint density at radius 2 is 1.80 bits per heavy atom. The Hall–Kier alpha value is -3.53. The first-order chi connectivity index (χ1) is 14.3. The molecule has 2 N–H and O–H groups in total. The van der Waals surface area contributed by atoms with Gasteiger partial charge < -0.3 is 10.4 Å². The molecule has 4 aromatic rings. The van der Waals surface area contributed by atoms with E-state index in [9.17, 15) is 27.1 Å². The van der Waals surface area contributed by atoms with Gasteiger partial charge in [-0.3, -0.25) is 4.40 Å². The molecule has 0 saturated heterocycles. The molecule has 10 heteroatoms. The molecule has 0 saturated carbocycles. The maximum atomic E-state index is 13.8. The van der Waals surface area contributed by atoms with E-state index in [1.165, 1.54) is 28.8 Å². The van der Waals surface area contributed by atoms with Crippen LogP contribution in [0.4, 0.5) is 33.5 Å². The highest BCUT2D eigenvalue weighted by atomic mass is 19.4. The van der Waals surface area contributed by atoms with Crippen LogP contribution >= 0.6 is 0 Å². The molecule has 0 aliphatic rings. The van der Waals surface area contributed by atoms with E-state index in [4.69, 9.17) is 0 Å². The number of nitrogens with zero attached hydrogens (tertiary/aromatic N) is 3. The Morgan fingerprint density at radius 3 is 2.50 bits per heavy atom. The lowest BCUT2D eigenvalue weighted by atomic mass is 10.2. The van der Waals surface area contributed by atoms with Crippen molar-refractivity contribution in [2.24, 2.45) is 0 Å². The van der Waals surface area contributed by atoms with Crippen LogP contribution < -0.4 is 5.32 Å². The van der Waals surface area contributed by atoms with E-state index in [2.05, 4.69) is 15.3 Å². The zero-order valence-electron chi connectivity index (χ0n) is 15.1. The standard InChI is InChI=1S/C20H13F5N4O/c21-11-4-7-18-28-16(10-30)19(29(18)9-11)15-2-1-3-17(27-15)26-12-5-6-13(14(22)8-12)20(23,24)25/h1-9,30H,10H2,(H,26,27). The monoisotopic (exact) mass is 420 g/mol. The molecule has 5 nitrogen and oxygen atoms in total. The summed E-state index contributed by atoms with van der Waals surface area (Å²) in [5, 5.41) is 12.4. The molecule has 4 rings (SSSR count). The van der Waals surface area contributed by atoms with Crippen LogP contribution in [0.25, 0.3) is 17.0 Å². The Bertz CT molecular complexity index is 1240. The van der Waals surface area contributed by atoms with E-state index in [0.29, 0.717) is 23.1 Å². The fourth-order valence-electron chi connectivity index (χ4n) is 3.06. The third kappa shape index (κ3) is 3.69. The molecule has 0 fully saturated rings. The fraction of sp³-hybridized carbons (Fsp3) is 0.100. The highest BCUT2D eigenvalue weighted by Crippen LogP contribution is 2.33. The minimum absolute atomic E-state index is 0.0664. The molecule has 0 radical (unpaired) electrons. The zero-order chi connectivity index (χ0) is 21.5. The highest BCUT2D eigenvalue weighted by Gasteiger charge is 2.33. The molecule has 0 bridgehead atoms. The number of imidazole rings is 1. The second kappa shape index (κ2) is 7.38.